The van der Waals surface area contributed by atoms with Gasteiger partial charge < -0.3 is 10.2 Å². The van der Waals surface area contributed by atoms with Gasteiger partial charge in [-0.2, -0.15) is 11.8 Å². The molecular weight excluding hydrogens is 204 g/mol. The van der Waals surface area contributed by atoms with Crippen LogP contribution in [0.15, 0.2) is 0 Å². The van der Waals surface area contributed by atoms with Crippen LogP contribution in [0.4, 0.5) is 0 Å². The average Bonchev–Trinajstić information content (AvgIpc) is 2.27. The molecule has 0 spiro atoms. The van der Waals surface area contributed by atoms with Gasteiger partial charge in [0.05, 0.1) is 0 Å². The Morgan fingerprint density at radius 2 is 2.27 bits per heavy atom. The van der Waals surface area contributed by atoms with Crippen LogP contribution in [0.1, 0.15) is 26.2 Å². The van der Waals surface area contributed by atoms with Crippen LogP contribution in [0.2, 0.25) is 0 Å². The van der Waals surface area contributed by atoms with Gasteiger partial charge in [0.2, 0.25) is 0 Å². The third-order valence-corrected chi connectivity index (χ3v) is 4.18. The lowest BCUT2D eigenvalue weighted by Crippen LogP contribution is -2.46. The minimum Gasteiger partial charge on any atom is -0.316 e. The van der Waals surface area contributed by atoms with E-state index in [0.29, 0.717) is 5.41 Å². The van der Waals surface area contributed by atoms with E-state index in [4.69, 9.17) is 0 Å². The number of hydrogen-bond donors (Lipinski definition) is 1. The minimum absolute atomic E-state index is 0.547. The molecule has 0 aromatic heterocycles. The number of thioether (sulfide) groups is 1. The molecular formula is C12H26N2S. The molecule has 1 aliphatic heterocycles. The van der Waals surface area contributed by atoms with Crippen LogP contribution in [0.3, 0.4) is 0 Å². The van der Waals surface area contributed by atoms with Crippen LogP contribution in [-0.2, 0) is 0 Å². The molecule has 1 rings (SSSR count). The topological polar surface area (TPSA) is 15.3 Å². The lowest BCUT2D eigenvalue weighted by molar-refractivity contribution is 0.132. The van der Waals surface area contributed by atoms with Crippen molar-refractivity contribution in [2.24, 2.45) is 5.41 Å². The molecule has 1 atom stereocenters. The van der Waals surface area contributed by atoms with Gasteiger partial charge in [0, 0.05) is 25.4 Å². The van der Waals surface area contributed by atoms with Crippen molar-refractivity contribution < 1.29 is 0 Å². The molecule has 1 aliphatic rings. The zero-order valence-electron chi connectivity index (χ0n) is 10.5. The smallest absolute Gasteiger partial charge is 0.00694 e. The second-order valence-electron chi connectivity index (χ2n) is 4.86. The van der Waals surface area contributed by atoms with Crippen LogP contribution < -0.4 is 5.32 Å². The first-order chi connectivity index (χ1) is 7.22. The third-order valence-electron chi connectivity index (χ3n) is 3.59. The van der Waals surface area contributed by atoms with Crippen LogP contribution in [-0.4, -0.2) is 50.1 Å². The molecule has 0 aromatic rings. The fourth-order valence-corrected chi connectivity index (χ4v) is 2.97. The quantitative estimate of drug-likeness (QED) is 0.752. The highest BCUT2D eigenvalue weighted by atomic mass is 32.2. The predicted octanol–water partition coefficient (Wildman–Crippen LogP) is 2.06. The molecule has 90 valence electrons. The second kappa shape index (κ2) is 6.77. The standard InChI is InChI=1S/C12H26N2S/c1-4-12(6-5-7-13-10-12)11-14(2)8-9-15-3/h13H,4-11H2,1-3H3. The van der Waals surface area contributed by atoms with Gasteiger partial charge in [-0.05, 0) is 44.5 Å². The van der Waals surface area contributed by atoms with E-state index >= 15 is 0 Å². The lowest BCUT2D eigenvalue weighted by Gasteiger charge is -2.40. The van der Waals surface area contributed by atoms with Crippen molar-refractivity contribution in [2.45, 2.75) is 26.2 Å². The van der Waals surface area contributed by atoms with Crippen molar-refractivity contribution in [3.8, 4) is 0 Å². The molecule has 0 aromatic carbocycles. The normalized spacial score (nSPS) is 27.2. The fourth-order valence-electron chi connectivity index (χ4n) is 2.48. The van der Waals surface area contributed by atoms with Crippen molar-refractivity contribution in [3.05, 3.63) is 0 Å². The van der Waals surface area contributed by atoms with Crippen molar-refractivity contribution in [1.29, 1.82) is 0 Å². The van der Waals surface area contributed by atoms with Gasteiger partial charge in [-0.15, -0.1) is 0 Å². The molecule has 0 amide bonds. The van der Waals surface area contributed by atoms with Crippen LogP contribution in [0.25, 0.3) is 0 Å². The summed E-state index contributed by atoms with van der Waals surface area (Å²) in [5.74, 6) is 1.25. The molecule has 1 N–H and O–H groups in total. The molecule has 1 saturated heterocycles. The number of rotatable bonds is 6. The Balaban J connectivity index is 2.37. The van der Waals surface area contributed by atoms with E-state index in [1.807, 2.05) is 11.8 Å². The number of nitrogens with one attached hydrogen (secondary N) is 1. The summed E-state index contributed by atoms with van der Waals surface area (Å²) >= 11 is 1.94. The fraction of sp³-hybridized carbons (Fsp3) is 1.00. The summed E-state index contributed by atoms with van der Waals surface area (Å²) in [6.07, 6.45) is 6.25. The summed E-state index contributed by atoms with van der Waals surface area (Å²) in [5.41, 5.74) is 0.547. The van der Waals surface area contributed by atoms with Crippen molar-refractivity contribution in [3.63, 3.8) is 0 Å². The van der Waals surface area contributed by atoms with Gasteiger partial charge in [-0.1, -0.05) is 6.92 Å². The first-order valence-electron chi connectivity index (χ1n) is 6.11. The molecule has 1 fully saturated rings. The highest BCUT2D eigenvalue weighted by molar-refractivity contribution is 7.98. The molecule has 0 radical (unpaired) electrons. The monoisotopic (exact) mass is 230 g/mol. The van der Waals surface area contributed by atoms with E-state index in [9.17, 15) is 0 Å². The van der Waals surface area contributed by atoms with Gasteiger partial charge in [-0.3, -0.25) is 0 Å². The van der Waals surface area contributed by atoms with E-state index in [2.05, 4.69) is 30.4 Å². The molecule has 15 heavy (non-hydrogen) atoms. The Morgan fingerprint density at radius 3 is 2.80 bits per heavy atom. The summed E-state index contributed by atoms with van der Waals surface area (Å²) < 4.78 is 0. The van der Waals surface area contributed by atoms with E-state index < -0.39 is 0 Å². The number of nitrogens with zero attached hydrogens (tertiary/aromatic N) is 1. The summed E-state index contributed by atoms with van der Waals surface area (Å²) in [4.78, 5) is 2.51. The second-order valence-corrected chi connectivity index (χ2v) is 5.85. The lowest BCUT2D eigenvalue weighted by atomic mass is 9.78. The maximum Gasteiger partial charge on any atom is 0.00694 e. The SMILES string of the molecule is CCC1(CN(C)CCSC)CCCNC1. The van der Waals surface area contributed by atoms with Gasteiger partial charge in [-0.25, -0.2) is 0 Å². The van der Waals surface area contributed by atoms with Crippen LogP contribution in [0, 0.1) is 5.41 Å². The largest absolute Gasteiger partial charge is 0.316 e. The van der Waals surface area contributed by atoms with Crippen molar-refractivity contribution in [1.82, 2.24) is 10.2 Å². The maximum absolute atomic E-state index is 3.56. The molecule has 1 heterocycles. The Kier molecular flexibility index (Phi) is 6.02. The number of piperidine rings is 1. The summed E-state index contributed by atoms with van der Waals surface area (Å²) in [5, 5.41) is 3.56. The van der Waals surface area contributed by atoms with Crippen LogP contribution in [0.5, 0.6) is 0 Å². The van der Waals surface area contributed by atoms with E-state index in [0.717, 1.165) is 0 Å². The molecule has 1 unspecified atom stereocenters. The van der Waals surface area contributed by atoms with Gasteiger partial charge >= 0.3 is 0 Å². The van der Waals surface area contributed by atoms with Crippen LogP contribution >= 0.6 is 11.8 Å². The highest BCUT2D eigenvalue weighted by Crippen LogP contribution is 2.30. The summed E-state index contributed by atoms with van der Waals surface area (Å²) in [7, 11) is 2.27. The Labute approximate surface area is 99.2 Å². The van der Waals surface area contributed by atoms with Gasteiger partial charge in [0.1, 0.15) is 0 Å². The first-order valence-corrected chi connectivity index (χ1v) is 7.50. The highest BCUT2D eigenvalue weighted by Gasteiger charge is 2.30. The van der Waals surface area contributed by atoms with Crippen molar-refractivity contribution >= 4 is 11.8 Å². The maximum atomic E-state index is 3.56. The molecule has 0 saturated carbocycles. The molecule has 0 bridgehead atoms. The zero-order valence-corrected chi connectivity index (χ0v) is 11.3. The Bertz CT molecular complexity index is 167. The number of hydrogen-bond acceptors (Lipinski definition) is 3. The third kappa shape index (κ3) is 4.33. The molecule has 3 heteroatoms. The molecule has 2 nitrogen and oxygen atoms in total. The first kappa shape index (κ1) is 13.3. The van der Waals surface area contributed by atoms with Crippen molar-refractivity contribution in [2.75, 3.05) is 45.2 Å². The average molecular weight is 230 g/mol. The Morgan fingerprint density at radius 1 is 1.47 bits per heavy atom. The summed E-state index contributed by atoms with van der Waals surface area (Å²) in [6, 6.07) is 0. The molecule has 0 aliphatic carbocycles. The zero-order chi connectivity index (χ0) is 11.1. The van der Waals surface area contributed by atoms with E-state index in [1.54, 1.807) is 0 Å². The Hall–Kier alpha value is 0.270. The minimum atomic E-state index is 0.547. The predicted molar refractivity (Wildman–Crippen MR) is 70.7 cm³/mol. The van der Waals surface area contributed by atoms with Gasteiger partial charge in [0.25, 0.3) is 0 Å². The van der Waals surface area contributed by atoms with E-state index in [1.165, 1.54) is 51.2 Å². The van der Waals surface area contributed by atoms with E-state index in [-0.39, 0.29) is 0 Å². The summed E-state index contributed by atoms with van der Waals surface area (Å²) in [6.45, 7) is 7.26. The van der Waals surface area contributed by atoms with Gasteiger partial charge in [0.15, 0.2) is 0 Å².